The maximum Gasteiger partial charge on any atom is 0.306 e. The largest absolute Gasteiger partial charge is 0.469 e. The summed E-state index contributed by atoms with van der Waals surface area (Å²) in [5.41, 5.74) is 7.53. The van der Waals surface area contributed by atoms with E-state index in [1.54, 1.807) is 42.5 Å². The second kappa shape index (κ2) is 9.27. The molecule has 0 spiro atoms. The third kappa shape index (κ3) is 5.47. The molecule has 3 rings (SSSR count). The molecule has 0 bridgehead atoms. The second-order valence-electron chi connectivity index (χ2n) is 7.29. The summed E-state index contributed by atoms with van der Waals surface area (Å²) in [5.74, 6) is -1.33. The predicted octanol–water partition coefficient (Wildman–Crippen LogP) is 0.984. The molecule has 164 valence electrons. The van der Waals surface area contributed by atoms with E-state index < -0.39 is 28.0 Å². The first-order chi connectivity index (χ1) is 14.7. The Morgan fingerprint density at radius 1 is 1.23 bits per heavy atom. The summed E-state index contributed by atoms with van der Waals surface area (Å²) in [6.45, 7) is 0.0171. The van der Waals surface area contributed by atoms with Gasteiger partial charge >= 0.3 is 5.97 Å². The molecule has 0 aliphatic carbocycles. The fourth-order valence-electron chi connectivity index (χ4n) is 3.40. The van der Waals surface area contributed by atoms with E-state index >= 15 is 0 Å². The lowest BCUT2D eigenvalue weighted by atomic mass is 10.0. The molecule has 0 saturated carbocycles. The normalized spacial score (nSPS) is 18.4. The minimum atomic E-state index is -3.81. The zero-order valence-corrected chi connectivity index (χ0v) is 17.7. The number of carbonyl (C=O) groups excluding carboxylic acids is 2. The van der Waals surface area contributed by atoms with Crippen molar-refractivity contribution in [3.63, 3.8) is 0 Å². The van der Waals surface area contributed by atoms with Gasteiger partial charge in [-0.2, -0.15) is 0 Å². The molecule has 1 heterocycles. The van der Waals surface area contributed by atoms with Crippen molar-refractivity contribution in [1.82, 2.24) is 10.0 Å². The van der Waals surface area contributed by atoms with Crippen LogP contribution in [0.1, 0.15) is 18.4 Å². The Balaban J connectivity index is 1.67. The molecule has 1 aliphatic heterocycles. The minimum Gasteiger partial charge on any atom is -0.469 e. The van der Waals surface area contributed by atoms with Crippen molar-refractivity contribution < 1.29 is 22.7 Å². The first-order valence-corrected chi connectivity index (χ1v) is 11.1. The Kier molecular flexibility index (Phi) is 6.71. The smallest absolute Gasteiger partial charge is 0.306 e. The number of rotatable bonds is 8. The van der Waals surface area contributed by atoms with Crippen LogP contribution in [-0.4, -0.2) is 45.8 Å². The van der Waals surface area contributed by atoms with Crippen molar-refractivity contribution in [2.75, 3.05) is 13.7 Å². The fraction of sp³-hybridized carbons (Fsp3) is 0.286. The van der Waals surface area contributed by atoms with Gasteiger partial charge in [0.1, 0.15) is 5.84 Å². The third-order valence-corrected chi connectivity index (χ3v) is 6.54. The van der Waals surface area contributed by atoms with Gasteiger partial charge in [-0.15, -0.1) is 0 Å². The van der Waals surface area contributed by atoms with Crippen LogP contribution in [0.25, 0.3) is 11.1 Å². The average molecular weight is 445 g/mol. The standard InChI is InChI=1S/C21H24N4O5S/c1-30-19(26)11-16-9-17(25-21(16)27)12-24-31(28,29)18-4-2-3-15(10-18)13-5-7-14(8-6-13)20(22)23/h2-8,10,16-17,24H,9,11-12H2,1H3,(H3,22,23)(H,25,27)/t16-,17-/m0/s1. The van der Waals surface area contributed by atoms with Gasteiger partial charge in [-0.25, -0.2) is 13.1 Å². The first kappa shape index (κ1) is 22.4. The number of esters is 1. The predicted molar refractivity (Wildman–Crippen MR) is 115 cm³/mol. The summed E-state index contributed by atoms with van der Waals surface area (Å²) in [4.78, 5) is 23.5. The van der Waals surface area contributed by atoms with Crippen LogP contribution >= 0.6 is 0 Å². The molecule has 0 unspecified atom stereocenters. The van der Waals surface area contributed by atoms with Gasteiger partial charge in [-0.3, -0.25) is 15.0 Å². The zero-order valence-electron chi connectivity index (χ0n) is 16.9. The van der Waals surface area contributed by atoms with Crippen molar-refractivity contribution in [3.8, 4) is 11.1 Å². The van der Waals surface area contributed by atoms with Crippen molar-refractivity contribution >= 4 is 27.7 Å². The molecule has 31 heavy (non-hydrogen) atoms. The summed E-state index contributed by atoms with van der Waals surface area (Å²) >= 11 is 0. The van der Waals surface area contributed by atoms with Crippen LogP contribution in [0.4, 0.5) is 0 Å². The van der Waals surface area contributed by atoms with Gasteiger partial charge in [0.2, 0.25) is 15.9 Å². The first-order valence-electron chi connectivity index (χ1n) is 9.61. The molecule has 9 nitrogen and oxygen atoms in total. The topological polar surface area (TPSA) is 151 Å². The van der Waals surface area contributed by atoms with Crippen LogP contribution < -0.4 is 15.8 Å². The quantitative estimate of drug-likeness (QED) is 0.271. The summed E-state index contributed by atoms with van der Waals surface area (Å²) in [7, 11) is -2.55. The summed E-state index contributed by atoms with van der Waals surface area (Å²) in [5, 5.41) is 10.2. The maximum atomic E-state index is 12.8. The van der Waals surface area contributed by atoms with E-state index in [4.69, 9.17) is 11.1 Å². The van der Waals surface area contributed by atoms with Crippen LogP contribution in [0.3, 0.4) is 0 Å². The molecule has 2 aromatic carbocycles. The zero-order chi connectivity index (χ0) is 22.6. The van der Waals surface area contributed by atoms with Gasteiger partial charge in [-0.1, -0.05) is 36.4 Å². The van der Waals surface area contributed by atoms with E-state index in [0.717, 1.165) is 5.56 Å². The van der Waals surface area contributed by atoms with Crippen LogP contribution in [0.15, 0.2) is 53.4 Å². The molecule has 1 saturated heterocycles. The number of amidine groups is 1. The van der Waals surface area contributed by atoms with E-state index in [2.05, 4.69) is 14.8 Å². The summed E-state index contributed by atoms with van der Waals surface area (Å²) in [6, 6.07) is 13.0. The van der Waals surface area contributed by atoms with Crippen LogP contribution in [0.2, 0.25) is 0 Å². The highest BCUT2D eigenvalue weighted by Crippen LogP contribution is 2.24. The number of sulfonamides is 1. The Hall–Kier alpha value is -3.24. The summed E-state index contributed by atoms with van der Waals surface area (Å²) < 4.78 is 32.6. The molecular weight excluding hydrogens is 420 g/mol. The lowest BCUT2D eigenvalue weighted by Gasteiger charge is -2.13. The number of benzene rings is 2. The van der Waals surface area contributed by atoms with Crippen LogP contribution in [0, 0.1) is 11.3 Å². The molecule has 0 aromatic heterocycles. The van der Waals surface area contributed by atoms with Crippen molar-refractivity contribution in [2.45, 2.75) is 23.8 Å². The highest BCUT2D eigenvalue weighted by molar-refractivity contribution is 7.89. The highest BCUT2D eigenvalue weighted by Gasteiger charge is 2.34. The maximum absolute atomic E-state index is 12.8. The van der Waals surface area contributed by atoms with Crippen molar-refractivity contribution in [1.29, 1.82) is 5.41 Å². The van der Waals surface area contributed by atoms with Gasteiger partial charge in [0.15, 0.2) is 0 Å². The molecule has 1 fully saturated rings. The molecule has 5 N–H and O–H groups in total. The van der Waals surface area contributed by atoms with Gasteiger partial charge in [-0.05, 0) is 29.7 Å². The minimum absolute atomic E-state index is 0.0171. The van der Waals surface area contributed by atoms with Crippen molar-refractivity contribution in [2.24, 2.45) is 11.7 Å². The Morgan fingerprint density at radius 2 is 1.94 bits per heavy atom. The van der Waals surface area contributed by atoms with Gasteiger partial charge in [0.25, 0.3) is 0 Å². The average Bonchev–Trinajstić information content (AvgIpc) is 3.11. The van der Waals surface area contributed by atoms with E-state index in [0.29, 0.717) is 17.5 Å². The number of hydrogen-bond donors (Lipinski definition) is 4. The van der Waals surface area contributed by atoms with E-state index in [9.17, 15) is 18.0 Å². The second-order valence-corrected chi connectivity index (χ2v) is 9.06. The van der Waals surface area contributed by atoms with Crippen molar-refractivity contribution in [3.05, 3.63) is 54.1 Å². The molecule has 1 amide bonds. The molecule has 0 radical (unpaired) electrons. The Morgan fingerprint density at radius 3 is 2.58 bits per heavy atom. The molecule has 2 aromatic rings. The Bertz CT molecular complexity index is 1100. The van der Waals surface area contributed by atoms with Gasteiger partial charge < -0.3 is 15.8 Å². The van der Waals surface area contributed by atoms with Crippen LogP contribution in [-0.2, 0) is 24.3 Å². The number of amides is 1. The lowest BCUT2D eigenvalue weighted by Crippen LogP contribution is -2.38. The number of nitrogen functional groups attached to an aromatic ring is 1. The SMILES string of the molecule is COC(=O)C[C@@H]1C[C@@H](CNS(=O)(=O)c2cccc(-c3ccc(C(=N)N)cc3)c2)NC1=O. The molecule has 2 atom stereocenters. The summed E-state index contributed by atoms with van der Waals surface area (Å²) in [6.07, 6.45) is 0.315. The van der Waals surface area contributed by atoms with E-state index in [-0.39, 0.29) is 29.6 Å². The molecule has 10 heteroatoms. The van der Waals surface area contributed by atoms with E-state index in [1.165, 1.54) is 13.2 Å². The van der Waals surface area contributed by atoms with Gasteiger partial charge in [0.05, 0.1) is 24.3 Å². The monoisotopic (exact) mass is 444 g/mol. The number of ether oxygens (including phenoxy) is 1. The molecule has 1 aliphatic rings. The van der Waals surface area contributed by atoms with Crippen LogP contribution in [0.5, 0.6) is 0 Å². The fourth-order valence-corrected chi connectivity index (χ4v) is 4.53. The third-order valence-electron chi connectivity index (χ3n) is 5.12. The number of methoxy groups -OCH3 is 1. The number of nitrogens with one attached hydrogen (secondary N) is 3. The number of carbonyl (C=O) groups is 2. The Labute approximate surface area is 180 Å². The number of hydrogen-bond acceptors (Lipinski definition) is 6. The van der Waals surface area contributed by atoms with Gasteiger partial charge in [0, 0.05) is 18.2 Å². The number of nitrogens with two attached hydrogens (primary N) is 1. The highest BCUT2D eigenvalue weighted by atomic mass is 32.2. The molecular formula is C21H24N4O5S. The lowest BCUT2D eigenvalue weighted by molar-refractivity contribution is -0.143. The van der Waals surface area contributed by atoms with E-state index in [1.807, 2.05) is 0 Å².